The third-order valence-corrected chi connectivity index (χ3v) is 1.29. The van der Waals surface area contributed by atoms with Gasteiger partial charge in [-0.25, -0.2) is 9.59 Å². The van der Waals surface area contributed by atoms with Crippen molar-refractivity contribution in [2.24, 2.45) is 0 Å². The van der Waals surface area contributed by atoms with E-state index in [0.29, 0.717) is 5.57 Å². The van der Waals surface area contributed by atoms with Gasteiger partial charge in [0.05, 0.1) is 0 Å². The Labute approximate surface area is 63.8 Å². The second-order valence-corrected chi connectivity index (χ2v) is 2.36. The molecule has 0 radical (unpaired) electrons. The Morgan fingerprint density at radius 2 is 1.64 bits per heavy atom. The molecule has 1 aliphatic heterocycles. The van der Waals surface area contributed by atoms with E-state index in [2.05, 4.69) is 9.47 Å². The number of carbonyl (C=O) groups is 2. The third-order valence-electron chi connectivity index (χ3n) is 1.29. The van der Waals surface area contributed by atoms with Crippen LogP contribution in [0.4, 0.5) is 0 Å². The molecule has 0 spiro atoms. The summed E-state index contributed by atoms with van der Waals surface area (Å²) in [5.41, 5.74) is 0.621. The first-order chi connectivity index (χ1) is 5.13. The number of esters is 2. The normalized spacial score (nSPS) is 17.5. The fourth-order valence-electron chi connectivity index (χ4n) is 0.772. The summed E-state index contributed by atoms with van der Waals surface area (Å²) in [6.45, 7) is 3.04. The van der Waals surface area contributed by atoms with E-state index in [1.165, 1.54) is 0 Å². The molecule has 0 aromatic rings. The van der Waals surface area contributed by atoms with Gasteiger partial charge >= 0.3 is 11.9 Å². The number of allylic oxidation sites excluding steroid dienone is 1. The Hall–Kier alpha value is -1.32. The van der Waals surface area contributed by atoms with Crippen molar-refractivity contribution in [2.75, 3.05) is 6.79 Å². The lowest BCUT2D eigenvalue weighted by molar-refractivity contribution is -0.172. The molecule has 60 valence electrons. The van der Waals surface area contributed by atoms with Crippen molar-refractivity contribution < 1.29 is 19.1 Å². The van der Waals surface area contributed by atoms with Crippen LogP contribution in [0.1, 0.15) is 13.8 Å². The summed E-state index contributed by atoms with van der Waals surface area (Å²) in [7, 11) is 0. The molecule has 1 heterocycles. The summed E-state index contributed by atoms with van der Waals surface area (Å²) in [6, 6.07) is 0. The van der Waals surface area contributed by atoms with Gasteiger partial charge in [-0.1, -0.05) is 5.57 Å². The lowest BCUT2D eigenvalue weighted by Crippen LogP contribution is -2.27. The molecule has 1 fully saturated rings. The largest absolute Gasteiger partial charge is 0.424 e. The minimum absolute atomic E-state index is 0.0104. The first-order valence-corrected chi connectivity index (χ1v) is 3.14. The Kier molecular flexibility index (Phi) is 1.94. The van der Waals surface area contributed by atoms with Gasteiger partial charge in [-0.3, -0.25) is 0 Å². The Balaban J connectivity index is 2.98. The van der Waals surface area contributed by atoms with Gasteiger partial charge in [0.15, 0.2) is 0 Å². The lowest BCUT2D eigenvalue weighted by atomic mass is 10.1. The molecule has 0 N–H and O–H groups in total. The molecule has 11 heavy (non-hydrogen) atoms. The number of hydrogen-bond donors (Lipinski definition) is 0. The van der Waals surface area contributed by atoms with Crippen LogP contribution in [0.25, 0.3) is 0 Å². The molecule has 0 bridgehead atoms. The molecule has 0 aromatic heterocycles. The molecule has 0 aliphatic carbocycles. The molecule has 0 atom stereocenters. The highest BCUT2D eigenvalue weighted by atomic mass is 16.7. The smallest absolute Gasteiger partial charge is 0.348 e. The summed E-state index contributed by atoms with van der Waals surface area (Å²) >= 11 is 0. The average Bonchev–Trinajstić information content (AvgIpc) is 1.85. The maximum atomic E-state index is 10.9. The van der Waals surface area contributed by atoms with E-state index < -0.39 is 11.9 Å². The lowest BCUT2D eigenvalue weighted by Gasteiger charge is -2.14. The van der Waals surface area contributed by atoms with E-state index >= 15 is 0 Å². The standard InChI is InChI=1S/C7H8O4/c1-4(2)5-6(8)10-3-11-7(5)9/h3H2,1-2H3. The summed E-state index contributed by atoms with van der Waals surface area (Å²) < 4.78 is 8.96. The molecule has 1 rings (SSSR count). The maximum Gasteiger partial charge on any atom is 0.348 e. The van der Waals surface area contributed by atoms with Gasteiger partial charge < -0.3 is 9.47 Å². The molecule has 4 heteroatoms. The van der Waals surface area contributed by atoms with Crippen LogP contribution in [0, 0.1) is 0 Å². The van der Waals surface area contributed by atoms with Crippen molar-refractivity contribution in [1.82, 2.24) is 0 Å². The zero-order valence-electron chi connectivity index (χ0n) is 6.34. The van der Waals surface area contributed by atoms with Crippen molar-refractivity contribution in [1.29, 1.82) is 0 Å². The third kappa shape index (κ3) is 1.39. The molecule has 0 aromatic carbocycles. The van der Waals surface area contributed by atoms with E-state index in [-0.39, 0.29) is 12.4 Å². The minimum Gasteiger partial charge on any atom is -0.424 e. The Morgan fingerprint density at radius 3 is 1.91 bits per heavy atom. The predicted molar refractivity (Wildman–Crippen MR) is 35.4 cm³/mol. The van der Waals surface area contributed by atoms with Crippen molar-refractivity contribution in [3.05, 3.63) is 11.1 Å². The summed E-state index contributed by atoms with van der Waals surface area (Å²) in [6.07, 6.45) is 0. The first-order valence-electron chi connectivity index (χ1n) is 3.14. The van der Waals surface area contributed by atoms with Gasteiger partial charge in [0.1, 0.15) is 5.57 Å². The first kappa shape index (κ1) is 7.78. The van der Waals surface area contributed by atoms with E-state index in [1.54, 1.807) is 13.8 Å². The number of carbonyl (C=O) groups excluding carboxylic acids is 2. The van der Waals surface area contributed by atoms with Crippen molar-refractivity contribution in [2.45, 2.75) is 13.8 Å². The minimum atomic E-state index is -0.596. The monoisotopic (exact) mass is 156 g/mol. The fourth-order valence-corrected chi connectivity index (χ4v) is 0.772. The fraction of sp³-hybridized carbons (Fsp3) is 0.429. The molecule has 0 unspecified atom stereocenters. The molecule has 0 amide bonds. The van der Waals surface area contributed by atoms with Gasteiger partial charge in [0.25, 0.3) is 0 Å². The highest BCUT2D eigenvalue weighted by molar-refractivity contribution is 6.15. The van der Waals surface area contributed by atoms with Crippen LogP contribution in [0.3, 0.4) is 0 Å². The summed E-state index contributed by atoms with van der Waals surface area (Å²) in [5, 5.41) is 0. The van der Waals surface area contributed by atoms with Crippen LogP contribution >= 0.6 is 0 Å². The molecule has 1 aliphatic rings. The van der Waals surface area contributed by atoms with Gasteiger partial charge in [-0.05, 0) is 13.8 Å². The Bertz CT molecular complexity index is 217. The second-order valence-electron chi connectivity index (χ2n) is 2.36. The van der Waals surface area contributed by atoms with E-state index in [0.717, 1.165) is 0 Å². The number of hydrogen-bond acceptors (Lipinski definition) is 4. The van der Waals surface area contributed by atoms with Crippen molar-refractivity contribution in [3.63, 3.8) is 0 Å². The number of ether oxygens (including phenoxy) is 2. The van der Waals surface area contributed by atoms with Crippen LogP contribution in [-0.4, -0.2) is 18.7 Å². The molecular formula is C7H8O4. The Morgan fingerprint density at radius 1 is 1.18 bits per heavy atom. The van der Waals surface area contributed by atoms with Crippen molar-refractivity contribution in [3.8, 4) is 0 Å². The molecule has 4 nitrogen and oxygen atoms in total. The van der Waals surface area contributed by atoms with Crippen LogP contribution in [0.15, 0.2) is 11.1 Å². The summed E-state index contributed by atoms with van der Waals surface area (Å²) in [4.78, 5) is 21.7. The van der Waals surface area contributed by atoms with Gasteiger partial charge in [-0.15, -0.1) is 0 Å². The van der Waals surface area contributed by atoms with E-state index in [4.69, 9.17) is 0 Å². The molecular weight excluding hydrogens is 148 g/mol. The highest BCUT2D eigenvalue weighted by Gasteiger charge is 2.27. The van der Waals surface area contributed by atoms with E-state index in [1.807, 2.05) is 0 Å². The quantitative estimate of drug-likeness (QED) is 0.289. The molecule has 1 saturated heterocycles. The zero-order chi connectivity index (χ0) is 8.43. The van der Waals surface area contributed by atoms with Crippen molar-refractivity contribution >= 4 is 11.9 Å². The van der Waals surface area contributed by atoms with Crippen LogP contribution in [-0.2, 0) is 19.1 Å². The number of cyclic esters (lactones) is 2. The van der Waals surface area contributed by atoms with Crippen LogP contribution in [0.2, 0.25) is 0 Å². The molecule has 0 saturated carbocycles. The maximum absolute atomic E-state index is 10.9. The van der Waals surface area contributed by atoms with Gasteiger partial charge in [0.2, 0.25) is 6.79 Å². The zero-order valence-corrected chi connectivity index (χ0v) is 6.34. The summed E-state index contributed by atoms with van der Waals surface area (Å²) in [5.74, 6) is -1.19. The topological polar surface area (TPSA) is 52.6 Å². The highest BCUT2D eigenvalue weighted by Crippen LogP contribution is 2.12. The number of rotatable bonds is 0. The van der Waals surface area contributed by atoms with Crippen LogP contribution < -0.4 is 0 Å². The van der Waals surface area contributed by atoms with Gasteiger partial charge in [-0.2, -0.15) is 0 Å². The average molecular weight is 156 g/mol. The van der Waals surface area contributed by atoms with E-state index in [9.17, 15) is 9.59 Å². The van der Waals surface area contributed by atoms with Crippen LogP contribution in [0.5, 0.6) is 0 Å². The second kappa shape index (κ2) is 2.74. The SMILES string of the molecule is CC(C)=C1C(=O)OCOC1=O. The predicted octanol–water partition coefficient (Wildman–Crippen LogP) is 0.380. The van der Waals surface area contributed by atoms with Gasteiger partial charge in [0, 0.05) is 0 Å².